The van der Waals surface area contributed by atoms with E-state index < -0.39 is 10.3 Å². The SMILES string of the molecule is CC[C@@]1(/C=C/[N+](=O)[O-])CCOC1=O. The molecular formula is C8H11NO4. The highest BCUT2D eigenvalue weighted by molar-refractivity contribution is 5.80. The van der Waals surface area contributed by atoms with Crippen molar-refractivity contribution < 1.29 is 14.5 Å². The Kier molecular flexibility index (Phi) is 2.65. The molecule has 1 aliphatic rings. The molecule has 0 saturated carbocycles. The van der Waals surface area contributed by atoms with Gasteiger partial charge in [0.2, 0.25) is 6.20 Å². The molecule has 1 aliphatic heterocycles. The fourth-order valence-electron chi connectivity index (χ4n) is 1.37. The molecule has 0 aromatic heterocycles. The lowest BCUT2D eigenvalue weighted by Gasteiger charge is -2.15. The number of nitrogens with zero attached hydrogens (tertiary/aromatic N) is 1. The first-order chi connectivity index (χ1) is 6.10. The van der Waals surface area contributed by atoms with Gasteiger partial charge in [0.05, 0.1) is 16.9 Å². The van der Waals surface area contributed by atoms with Crippen molar-refractivity contribution in [3.05, 3.63) is 22.4 Å². The Labute approximate surface area is 75.5 Å². The molecule has 0 unspecified atom stereocenters. The van der Waals surface area contributed by atoms with Crippen LogP contribution < -0.4 is 0 Å². The number of rotatable bonds is 3. The quantitative estimate of drug-likeness (QED) is 0.375. The van der Waals surface area contributed by atoms with E-state index in [1.807, 2.05) is 6.92 Å². The van der Waals surface area contributed by atoms with Gasteiger partial charge in [0.25, 0.3) is 0 Å². The number of cyclic esters (lactones) is 1. The molecule has 1 saturated heterocycles. The maximum absolute atomic E-state index is 11.2. The Morgan fingerprint density at radius 3 is 2.85 bits per heavy atom. The first-order valence-corrected chi connectivity index (χ1v) is 4.11. The summed E-state index contributed by atoms with van der Waals surface area (Å²) in [7, 11) is 0. The molecular weight excluding hydrogens is 174 g/mol. The fourth-order valence-corrected chi connectivity index (χ4v) is 1.37. The predicted molar refractivity (Wildman–Crippen MR) is 44.4 cm³/mol. The smallest absolute Gasteiger partial charge is 0.316 e. The summed E-state index contributed by atoms with van der Waals surface area (Å²) < 4.78 is 4.78. The number of hydrogen-bond donors (Lipinski definition) is 0. The van der Waals surface area contributed by atoms with E-state index in [1.54, 1.807) is 0 Å². The number of hydrogen-bond acceptors (Lipinski definition) is 4. The van der Waals surface area contributed by atoms with Crippen molar-refractivity contribution in [3.63, 3.8) is 0 Å². The van der Waals surface area contributed by atoms with E-state index in [2.05, 4.69) is 0 Å². The number of esters is 1. The molecule has 0 aromatic carbocycles. The van der Waals surface area contributed by atoms with Gasteiger partial charge in [-0.2, -0.15) is 0 Å². The normalized spacial score (nSPS) is 27.9. The molecule has 13 heavy (non-hydrogen) atoms. The molecule has 72 valence electrons. The summed E-state index contributed by atoms with van der Waals surface area (Å²) in [6.45, 7) is 2.17. The third kappa shape index (κ3) is 1.85. The molecule has 5 nitrogen and oxygen atoms in total. The van der Waals surface area contributed by atoms with Gasteiger partial charge in [0.1, 0.15) is 0 Å². The van der Waals surface area contributed by atoms with Crippen LogP contribution in [-0.4, -0.2) is 17.5 Å². The van der Waals surface area contributed by atoms with E-state index in [0.717, 1.165) is 6.20 Å². The van der Waals surface area contributed by atoms with Gasteiger partial charge in [-0.05, 0) is 6.42 Å². The van der Waals surface area contributed by atoms with Crippen LogP contribution in [-0.2, 0) is 9.53 Å². The predicted octanol–water partition coefficient (Wildman–Crippen LogP) is 1.12. The second-order valence-corrected chi connectivity index (χ2v) is 3.00. The Balaban J connectivity index is 2.81. The summed E-state index contributed by atoms with van der Waals surface area (Å²) in [6, 6.07) is 0. The second-order valence-electron chi connectivity index (χ2n) is 3.00. The lowest BCUT2D eigenvalue weighted by atomic mass is 9.84. The van der Waals surface area contributed by atoms with E-state index in [-0.39, 0.29) is 5.97 Å². The van der Waals surface area contributed by atoms with E-state index >= 15 is 0 Å². The zero-order valence-corrected chi connectivity index (χ0v) is 7.36. The van der Waals surface area contributed by atoms with Crippen molar-refractivity contribution in [2.45, 2.75) is 19.8 Å². The highest BCUT2D eigenvalue weighted by Crippen LogP contribution is 2.34. The Bertz CT molecular complexity index is 261. The van der Waals surface area contributed by atoms with Gasteiger partial charge in [-0.1, -0.05) is 6.92 Å². The summed E-state index contributed by atoms with van der Waals surface area (Å²) in [4.78, 5) is 20.8. The van der Waals surface area contributed by atoms with Gasteiger partial charge >= 0.3 is 5.97 Å². The minimum Gasteiger partial charge on any atom is -0.465 e. The standard InChI is InChI=1S/C8H11NO4/c1-2-8(3-5-9(11)12)4-6-13-7(8)10/h3,5H,2,4,6H2,1H3/b5-3+/t8-/m1/s1. The molecule has 0 aliphatic carbocycles. The first-order valence-electron chi connectivity index (χ1n) is 4.11. The molecule has 5 heteroatoms. The summed E-state index contributed by atoms with van der Waals surface area (Å²) in [5.41, 5.74) is -0.757. The topological polar surface area (TPSA) is 69.4 Å². The average Bonchev–Trinajstić information content (AvgIpc) is 2.45. The first kappa shape index (κ1) is 9.70. The minimum absolute atomic E-state index is 0.354. The van der Waals surface area contributed by atoms with Crippen LogP contribution >= 0.6 is 0 Å². The number of carbonyl (C=O) groups is 1. The molecule has 0 radical (unpaired) electrons. The molecule has 1 atom stereocenters. The lowest BCUT2D eigenvalue weighted by molar-refractivity contribution is -0.403. The lowest BCUT2D eigenvalue weighted by Crippen LogP contribution is -2.23. The van der Waals surface area contributed by atoms with Crippen molar-refractivity contribution in [2.75, 3.05) is 6.61 Å². The monoisotopic (exact) mass is 185 g/mol. The largest absolute Gasteiger partial charge is 0.465 e. The van der Waals surface area contributed by atoms with Crippen LogP contribution in [0.2, 0.25) is 0 Å². The third-order valence-electron chi connectivity index (χ3n) is 2.33. The van der Waals surface area contributed by atoms with Crippen molar-refractivity contribution in [2.24, 2.45) is 5.41 Å². The zero-order valence-electron chi connectivity index (χ0n) is 7.36. The maximum atomic E-state index is 11.2. The molecule has 1 heterocycles. The summed E-state index contributed by atoms with van der Waals surface area (Å²) in [5.74, 6) is -0.354. The summed E-state index contributed by atoms with van der Waals surface area (Å²) >= 11 is 0. The van der Waals surface area contributed by atoms with E-state index in [0.29, 0.717) is 19.4 Å². The number of carbonyl (C=O) groups excluding carboxylic acids is 1. The van der Waals surface area contributed by atoms with Gasteiger partial charge < -0.3 is 4.74 Å². The highest BCUT2D eigenvalue weighted by atomic mass is 16.6. The maximum Gasteiger partial charge on any atom is 0.316 e. The van der Waals surface area contributed by atoms with Gasteiger partial charge in [-0.15, -0.1) is 0 Å². The highest BCUT2D eigenvalue weighted by Gasteiger charge is 2.41. The molecule has 0 aromatic rings. The Hall–Kier alpha value is -1.39. The third-order valence-corrected chi connectivity index (χ3v) is 2.33. The van der Waals surface area contributed by atoms with E-state index in [9.17, 15) is 14.9 Å². The Morgan fingerprint density at radius 1 is 1.77 bits per heavy atom. The van der Waals surface area contributed by atoms with Crippen LogP contribution in [0.3, 0.4) is 0 Å². The van der Waals surface area contributed by atoms with Crippen LogP contribution in [0.1, 0.15) is 19.8 Å². The number of nitro groups is 1. The molecule has 1 fully saturated rings. The zero-order chi connectivity index (χ0) is 9.90. The van der Waals surface area contributed by atoms with Crippen LogP contribution in [0, 0.1) is 15.5 Å². The average molecular weight is 185 g/mol. The fraction of sp³-hybridized carbons (Fsp3) is 0.625. The van der Waals surface area contributed by atoms with Gasteiger partial charge in [-0.25, -0.2) is 0 Å². The molecule has 0 spiro atoms. The van der Waals surface area contributed by atoms with Crippen molar-refractivity contribution in [3.8, 4) is 0 Å². The summed E-state index contributed by atoms with van der Waals surface area (Å²) in [5, 5.41) is 10.1. The van der Waals surface area contributed by atoms with Crippen LogP contribution in [0.5, 0.6) is 0 Å². The van der Waals surface area contributed by atoms with Gasteiger partial charge in [0.15, 0.2) is 0 Å². The van der Waals surface area contributed by atoms with Crippen molar-refractivity contribution in [1.29, 1.82) is 0 Å². The molecule has 1 rings (SSSR count). The van der Waals surface area contributed by atoms with Gasteiger partial charge in [-0.3, -0.25) is 14.9 Å². The van der Waals surface area contributed by atoms with Crippen LogP contribution in [0.15, 0.2) is 12.3 Å². The second kappa shape index (κ2) is 3.55. The Morgan fingerprint density at radius 2 is 2.46 bits per heavy atom. The number of ether oxygens (including phenoxy) is 1. The van der Waals surface area contributed by atoms with E-state index in [1.165, 1.54) is 6.08 Å². The molecule has 0 N–H and O–H groups in total. The summed E-state index contributed by atoms with van der Waals surface area (Å²) in [6.07, 6.45) is 3.22. The van der Waals surface area contributed by atoms with Crippen molar-refractivity contribution in [1.82, 2.24) is 0 Å². The van der Waals surface area contributed by atoms with Crippen molar-refractivity contribution >= 4 is 5.97 Å². The molecule has 0 amide bonds. The van der Waals surface area contributed by atoms with E-state index in [4.69, 9.17) is 4.74 Å². The molecule has 0 bridgehead atoms. The van der Waals surface area contributed by atoms with Crippen LogP contribution in [0.25, 0.3) is 0 Å². The minimum atomic E-state index is -0.757. The van der Waals surface area contributed by atoms with Crippen LogP contribution in [0.4, 0.5) is 0 Å². The van der Waals surface area contributed by atoms with Gasteiger partial charge in [0, 0.05) is 12.5 Å².